The van der Waals surface area contributed by atoms with Crippen LogP contribution in [-0.2, 0) is 6.54 Å². The van der Waals surface area contributed by atoms with Crippen molar-refractivity contribution in [2.24, 2.45) is 5.73 Å². The van der Waals surface area contributed by atoms with Crippen LogP contribution in [0.5, 0.6) is 0 Å². The summed E-state index contributed by atoms with van der Waals surface area (Å²) in [6, 6.07) is 4.95. The van der Waals surface area contributed by atoms with Gasteiger partial charge in [-0.3, -0.25) is 0 Å². The minimum atomic E-state index is -0.939. The molecule has 0 saturated carbocycles. The largest absolute Gasteiger partial charge is 0.478 e. The third-order valence-corrected chi connectivity index (χ3v) is 2.16. The van der Waals surface area contributed by atoms with Gasteiger partial charge in [-0.1, -0.05) is 6.07 Å². The first-order valence-electron chi connectivity index (χ1n) is 3.37. The summed E-state index contributed by atoms with van der Waals surface area (Å²) in [5.41, 5.74) is 6.54. The van der Waals surface area contributed by atoms with E-state index in [1.54, 1.807) is 12.1 Å². The number of nitrogens with two attached hydrogens (primary N) is 1. The van der Waals surface area contributed by atoms with Gasteiger partial charge in [0.2, 0.25) is 0 Å². The predicted octanol–water partition coefficient (Wildman–Crippen LogP) is 1.61. The highest BCUT2D eigenvalue weighted by molar-refractivity contribution is 9.10. The molecule has 64 valence electrons. The van der Waals surface area contributed by atoms with E-state index >= 15 is 0 Å². The molecular formula is C8H8BrNO2. The number of carboxylic acid groups (broad SMARTS) is 1. The van der Waals surface area contributed by atoms with Crippen LogP contribution in [0.15, 0.2) is 22.7 Å². The van der Waals surface area contributed by atoms with Crippen LogP contribution in [0, 0.1) is 0 Å². The van der Waals surface area contributed by atoms with Crippen LogP contribution in [0.2, 0.25) is 0 Å². The highest BCUT2D eigenvalue weighted by Crippen LogP contribution is 2.18. The second-order valence-electron chi connectivity index (χ2n) is 2.32. The topological polar surface area (TPSA) is 63.3 Å². The molecule has 0 aliphatic carbocycles. The van der Waals surface area contributed by atoms with Gasteiger partial charge in [-0.05, 0) is 33.6 Å². The van der Waals surface area contributed by atoms with Gasteiger partial charge in [0.15, 0.2) is 0 Å². The molecule has 0 aliphatic heterocycles. The van der Waals surface area contributed by atoms with Gasteiger partial charge in [-0.25, -0.2) is 4.79 Å². The molecule has 0 spiro atoms. The van der Waals surface area contributed by atoms with Crippen LogP contribution >= 0.6 is 15.9 Å². The summed E-state index contributed by atoms with van der Waals surface area (Å²) in [4.78, 5) is 10.6. The fourth-order valence-corrected chi connectivity index (χ4v) is 1.45. The van der Waals surface area contributed by atoms with E-state index in [1.807, 2.05) is 0 Å². The van der Waals surface area contributed by atoms with E-state index in [0.29, 0.717) is 11.0 Å². The molecule has 0 unspecified atom stereocenters. The predicted molar refractivity (Wildman–Crippen MR) is 49.0 cm³/mol. The quantitative estimate of drug-likeness (QED) is 0.811. The summed E-state index contributed by atoms with van der Waals surface area (Å²) in [5.74, 6) is -0.939. The minimum Gasteiger partial charge on any atom is -0.478 e. The van der Waals surface area contributed by atoms with Crippen LogP contribution in [0.4, 0.5) is 0 Å². The summed E-state index contributed by atoms with van der Waals surface area (Å²) in [6.07, 6.45) is 0. The van der Waals surface area contributed by atoms with E-state index < -0.39 is 5.97 Å². The van der Waals surface area contributed by atoms with Gasteiger partial charge < -0.3 is 10.8 Å². The lowest BCUT2D eigenvalue weighted by Gasteiger charge is -2.00. The fourth-order valence-electron chi connectivity index (χ4n) is 0.859. The summed E-state index contributed by atoms with van der Waals surface area (Å²) < 4.78 is 0.568. The second kappa shape index (κ2) is 3.69. The normalized spacial score (nSPS) is 9.83. The molecule has 0 bridgehead atoms. The Hall–Kier alpha value is -0.870. The maximum absolute atomic E-state index is 10.6. The maximum atomic E-state index is 10.6. The van der Waals surface area contributed by atoms with Crippen molar-refractivity contribution in [1.82, 2.24) is 0 Å². The summed E-state index contributed by atoms with van der Waals surface area (Å²) in [5, 5.41) is 8.67. The first-order valence-corrected chi connectivity index (χ1v) is 4.16. The number of carboxylic acids is 1. The van der Waals surface area contributed by atoms with Crippen molar-refractivity contribution in [1.29, 1.82) is 0 Å². The molecule has 0 fully saturated rings. The van der Waals surface area contributed by atoms with E-state index in [1.165, 1.54) is 6.07 Å². The summed E-state index contributed by atoms with van der Waals surface area (Å²) in [7, 11) is 0. The number of rotatable bonds is 2. The molecule has 0 atom stereocenters. The minimum absolute atomic E-state index is 0.257. The van der Waals surface area contributed by atoms with Gasteiger partial charge in [-0.15, -0.1) is 0 Å². The molecule has 0 amide bonds. The van der Waals surface area contributed by atoms with E-state index in [2.05, 4.69) is 15.9 Å². The lowest BCUT2D eigenvalue weighted by Crippen LogP contribution is -2.01. The molecule has 1 aromatic rings. The smallest absolute Gasteiger partial charge is 0.336 e. The molecule has 1 aromatic carbocycles. The standard InChI is InChI=1S/C8H8BrNO2/c9-7-3-5(4-10)1-2-6(7)8(11)12/h1-3H,4,10H2,(H,11,12). The van der Waals surface area contributed by atoms with Crippen molar-refractivity contribution in [2.45, 2.75) is 6.54 Å². The Morgan fingerprint density at radius 1 is 1.58 bits per heavy atom. The molecule has 4 heteroatoms. The Morgan fingerprint density at radius 2 is 2.25 bits per heavy atom. The van der Waals surface area contributed by atoms with Crippen molar-refractivity contribution in [3.63, 3.8) is 0 Å². The van der Waals surface area contributed by atoms with Crippen LogP contribution in [0.25, 0.3) is 0 Å². The van der Waals surface area contributed by atoms with Gasteiger partial charge >= 0.3 is 5.97 Å². The molecule has 0 radical (unpaired) electrons. The van der Waals surface area contributed by atoms with E-state index in [0.717, 1.165) is 5.56 Å². The Bertz CT molecular complexity index is 312. The second-order valence-corrected chi connectivity index (χ2v) is 3.18. The molecule has 0 aliphatic rings. The third-order valence-electron chi connectivity index (χ3n) is 1.50. The molecule has 1 rings (SSSR count). The number of carbonyl (C=O) groups is 1. The van der Waals surface area contributed by atoms with Gasteiger partial charge in [0.1, 0.15) is 0 Å². The Balaban J connectivity index is 3.12. The monoisotopic (exact) mass is 229 g/mol. The van der Waals surface area contributed by atoms with Gasteiger partial charge in [0.05, 0.1) is 5.56 Å². The zero-order valence-corrected chi connectivity index (χ0v) is 7.84. The molecule has 0 saturated heterocycles. The van der Waals surface area contributed by atoms with Crippen molar-refractivity contribution >= 4 is 21.9 Å². The zero-order chi connectivity index (χ0) is 9.14. The van der Waals surface area contributed by atoms with Crippen molar-refractivity contribution < 1.29 is 9.90 Å². The number of hydrogen-bond donors (Lipinski definition) is 2. The van der Waals surface area contributed by atoms with Gasteiger partial charge in [-0.2, -0.15) is 0 Å². The van der Waals surface area contributed by atoms with Crippen LogP contribution in [0.3, 0.4) is 0 Å². The average Bonchev–Trinajstić information content (AvgIpc) is 2.03. The molecular weight excluding hydrogens is 222 g/mol. The van der Waals surface area contributed by atoms with E-state index in [-0.39, 0.29) is 5.56 Å². The molecule has 3 nitrogen and oxygen atoms in total. The Labute approximate surface area is 78.3 Å². The SMILES string of the molecule is NCc1ccc(C(=O)O)c(Br)c1. The van der Waals surface area contributed by atoms with Crippen molar-refractivity contribution in [3.05, 3.63) is 33.8 Å². The van der Waals surface area contributed by atoms with E-state index in [9.17, 15) is 4.79 Å². The lowest BCUT2D eigenvalue weighted by atomic mass is 10.1. The zero-order valence-electron chi connectivity index (χ0n) is 6.25. The van der Waals surface area contributed by atoms with E-state index in [4.69, 9.17) is 10.8 Å². The number of hydrogen-bond acceptors (Lipinski definition) is 2. The fraction of sp³-hybridized carbons (Fsp3) is 0.125. The molecule has 0 aromatic heterocycles. The summed E-state index contributed by atoms with van der Waals surface area (Å²) in [6.45, 7) is 0.415. The number of aromatic carboxylic acids is 1. The van der Waals surface area contributed by atoms with Crippen molar-refractivity contribution in [2.75, 3.05) is 0 Å². The van der Waals surface area contributed by atoms with Crippen LogP contribution in [0.1, 0.15) is 15.9 Å². The highest BCUT2D eigenvalue weighted by Gasteiger charge is 2.07. The third kappa shape index (κ3) is 1.84. The van der Waals surface area contributed by atoms with Crippen LogP contribution in [-0.4, -0.2) is 11.1 Å². The Morgan fingerprint density at radius 3 is 2.67 bits per heavy atom. The molecule has 0 heterocycles. The molecule has 3 N–H and O–H groups in total. The van der Waals surface area contributed by atoms with Gasteiger partial charge in [0.25, 0.3) is 0 Å². The molecule has 12 heavy (non-hydrogen) atoms. The van der Waals surface area contributed by atoms with Gasteiger partial charge in [0, 0.05) is 11.0 Å². The van der Waals surface area contributed by atoms with Crippen LogP contribution < -0.4 is 5.73 Å². The number of benzene rings is 1. The Kier molecular flexibility index (Phi) is 2.83. The first kappa shape index (κ1) is 9.22. The summed E-state index contributed by atoms with van der Waals surface area (Å²) >= 11 is 3.15. The first-order chi connectivity index (χ1) is 5.65. The maximum Gasteiger partial charge on any atom is 0.336 e. The van der Waals surface area contributed by atoms with Crippen molar-refractivity contribution in [3.8, 4) is 0 Å². The lowest BCUT2D eigenvalue weighted by molar-refractivity contribution is 0.0696. The number of halogens is 1. The highest BCUT2D eigenvalue weighted by atomic mass is 79.9. The average molecular weight is 230 g/mol.